The normalized spacial score (nSPS) is 15.4. The Morgan fingerprint density at radius 3 is 1.39 bits per heavy atom. The van der Waals surface area contributed by atoms with E-state index in [1.165, 1.54) is 10.4 Å². The van der Waals surface area contributed by atoms with Gasteiger partial charge in [0.05, 0.1) is 8.07 Å². The van der Waals surface area contributed by atoms with Crippen LogP contribution in [0, 0.1) is 0 Å². The van der Waals surface area contributed by atoms with Crippen LogP contribution >= 0.6 is 22.7 Å². The fourth-order valence-electron chi connectivity index (χ4n) is 5.66. The number of hydrogen-bond acceptors (Lipinski definition) is 2. The lowest BCUT2D eigenvalue weighted by molar-refractivity contribution is 1.71. The van der Waals surface area contributed by atoms with Gasteiger partial charge in [0.15, 0.2) is 8.07 Å². The van der Waals surface area contributed by atoms with Crippen molar-refractivity contribution in [1.82, 2.24) is 0 Å². The van der Waals surface area contributed by atoms with Gasteiger partial charge in [-0.25, -0.2) is 0 Å². The van der Waals surface area contributed by atoms with Crippen LogP contribution in [-0.4, -0.2) is 32.3 Å². The van der Waals surface area contributed by atoms with E-state index >= 15 is 0 Å². The van der Waals surface area contributed by atoms with Gasteiger partial charge in [-0.3, -0.25) is 0 Å². The fourth-order valence-corrected chi connectivity index (χ4v) is 23.2. The van der Waals surface area contributed by atoms with E-state index in [4.69, 9.17) is 0 Å². The second-order valence-electron chi connectivity index (χ2n) is 12.8. The SMILES string of the molecule is C/C=C/[Si](C)(C)c1cc2c(s1)-c1sc([Si](C)(C)/C=C/[Si](C)(C)C)cc1[Si]2(c1ccccc1)c1ccccc1. The summed E-state index contributed by atoms with van der Waals surface area (Å²) in [6, 6.07) is 28.3. The monoisotopic (exact) mass is 600 g/mol. The molecular weight excluding hydrogens is 561 g/mol. The molecule has 0 bridgehead atoms. The number of benzene rings is 2. The van der Waals surface area contributed by atoms with Crippen molar-refractivity contribution in [2.75, 3.05) is 0 Å². The van der Waals surface area contributed by atoms with Gasteiger partial charge in [0.1, 0.15) is 16.1 Å². The number of rotatable bonds is 7. The summed E-state index contributed by atoms with van der Waals surface area (Å²) in [6.07, 6.45) is 2.27. The van der Waals surface area contributed by atoms with Gasteiger partial charge in [-0.2, -0.15) is 0 Å². The highest BCUT2D eigenvalue weighted by Crippen LogP contribution is 2.36. The number of thiophene rings is 2. The van der Waals surface area contributed by atoms with Crippen LogP contribution in [0.25, 0.3) is 9.75 Å². The number of allylic oxidation sites excluding steroid dienone is 1. The minimum absolute atomic E-state index is 1.25. The van der Waals surface area contributed by atoms with E-state index in [-0.39, 0.29) is 0 Å². The average Bonchev–Trinajstić information content (AvgIpc) is 3.56. The molecular formula is C32H40S2Si4. The van der Waals surface area contributed by atoms with E-state index < -0.39 is 32.3 Å². The molecule has 0 spiro atoms. The third-order valence-electron chi connectivity index (χ3n) is 7.75. The molecule has 0 N–H and O–H groups in total. The molecule has 0 aliphatic carbocycles. The minimum atomic E-state index is -2.40. The van der Waals surface area contributed by atoms with Crippen molar-refractivity contribution in [1.29, 1.82) is 0 Å². The van der Waals surface area contributed by atoms with E-state index in [2.05, 4.69) is 171 Å². The first-order valence-corrected chi connectivity index (χ1v) is 27.0. The Morgan fingerprint density at radius 2 is 1.00 bits per heavy atom. The molecule has 0 radical (unpaired) electrons. The molecule has 1 aliphatic heterocycles. The molecule has 0 fully saturated rings. The molecule has 1 aliphatic rings. The Bertz CT molecular complexity index is 1460. The zero-order chi connectivity index (χ0) is 27.3. The Hall–Kier alpha value is -1.81. The third kappa shape index (κ3) is 4.73. The summed E-state index contributed by atoms with van der Waals surface area (Å²) in [4.78, 5) is 3.13. The Labute approximate surface area is 241 Å². The van der Waals surface area contributed by atoms with Crippen molar-refractivity contribution in [3.8, 4) is 9.75 Å². The van der Waals surface area contributed by atoms with Crippen LogP contribution in [0.4, 0.5) is 0 Å². The summed E-state index contributed by atoms with van der Waals surface area (Å²) in [5, 5.41) is 6.30. The second kappa shape index (κ2) is 9.98. The topological polar surface area (TPSA) is 0 Å². The molecule has 6 heteroatoms. The molecule has 38 heavy (non-hydrogen) atoms. The number of fused-ring (bicyclic) bond motifs is 3. The maximum absolute atomic E-state index is 2.67. The van der Waals surface area contributed by atoms with Crippen LogP contribution in [0.15, 0.2) is 96.0 Å². The maximum Gasteiger partial charge on any atom is 0.182 e. The molecule has 0 atom stereocenters. The first-order valence-electron chi connectivity index (χ1n) is 13.7. The zero-order valence-corrected chi connectivity index (χ0v) is 29.7. The molecule has 0 nitrogen and oxygen atoms in total. The molecule has 3 heterocycles. The second-order valence-corrected chi connectivity index (χ2v) is 33.1. The van der Waals surface area contributed by atoms with Gasteiger partial charge in [-0.05, 0) is 36.7 Å². The molecule has 196 valence electrons. The van der Waals surface area contributed by atoms with Gasteiger partial charge in [0, 0.05) is 9.75 Å². The average molecular weight is 601 g/mol. The van der Waals surface area contributed by atoms with Gasteiger partial charge >= 0.3 is 0 Å². The maximum atomic E-state index is 2.67. The van der Waals surface area contributed by atoms with Crippen LogP contribution in [0.2, 0.25) is 45.8 Å². The Morgan fingerprint density at radius 1 is 0.579 bits per heavy atom. The van der Waals surface area contributed by atoms with E-state index in [9.17, 15) is 0 Å². The van der Waals surface area contributed by atoms with Gasteiger partial charge in [-0.1, -0.05) is 136 Å². The standard InChI is InChI=1S/C32H40S2Si4/c1-9-20-36(5,6)29-23-27-31(33-29)32-28(24-30(34-32)37(7,8)22-21-35(2,3)4)38(27,25-16-12-10-13-17-25)26-18-14-11-15-19-26/h9-24H,1-8H3/b20-9+,22-21+. The van der Waals surface area contributed by atoms with Crippen molar-refractivity contribution in [3.05, 3.63) is 96.0 Å². The first-order chi connectivity index (χ1) is 17.9. The van der Waals surface area contributed by atoms with E-state index in [0.29, 0.717) is 0 Å². The molecule has 5 rings (SSSR count). The minimum Gasteiger partial charge on any atom is -0.144 e. The predicted octanol–water partition coefficient (Wildman–Crippen LogP) is 6.09. The highest BCUT2D eigenvalue weighted by molar-refractivity contribution is 7.41. The summed E-state index contributed by atoms with van der Waals surface area (Å²) < 4.78 is 3.24. The van der Waals surface area contributed by atoms with Crippen LogP contribution in [0.1, 0.15) is 6.92 Å². The quantitative estimate of drug-likeness (QED) is 0.199. The van der Waals surface area contributed by atoms with E-state index in [1.54, 1.807) is 29.1 Å². The summed E-state index contributed by atoms with van der Waals surface area (Å²) in [5.41, 5.74) is 7.72. The zero-order valence-electron chi connectivity index (χ0n) is 24.1. The summed E-state index contributed by atoms with van der Waals surface area (Å²) >= 11 is 4.22. The van der Waals surface area contributed by atoms with Crippen LogP contribution in [-0.2, 0) is 0 Å². The lowest BCUT2D eigenvalue weighted by atomic mass is 10.4. The van der Waals surface area contributed by atoms with Gasteiger partial charge in [0.2, 0.25) is 0 Å². The fraction of sp³-hybridized carbons (Fsp3) is 0.250. The predicted molar refractivity (Wildman–Crippen MR) is 186 cm³/mol. The molecule has 2 aromatic carbocycles. The molecule has 2 aromatic heterocycles. The molecule has 0 saturated carbocycles. The Kier molecular flexibility index (Phi) is 7.29. The highest BCUT2D eigenvalue weighted by Gasteiger charge is 2.52. The largest absolute Gasteiger partial charge is 0.182 e. The van der Waals surface area contributed by atoms with E-state index in [0.717, 1.165) is 0 Å². The number of hydrogen-bond donors (Lipinski definition) is 0. The molecule has 0 unspecified atom stereocenters. The van der Waals surface area contributed by atoms with Crippen molar-refractivity contribution in [2.45, 2.75) is 52.8 Å². The Balaban J connectivity index is 1.84. The summed E-state index contributed by atoms with van der Waals surface area (Å²) in [6.45, 7) is 19.6. The first kappa shape index (κ1) is 27.7. The van der Waals surface area contributed by atoms with Crippen molar-refractivity contribution >= 4 is 84.7 Å². The smallest absolute Gasteiger partial charge is 0.144 e. The van der Waals surface area contributed by atoms with E-state index in [1.807, 2.05) is 0 Å². The van der Waals surface area contributed by atoms with Crippen molar-refractivity contribution in [3.63, 3.8) is 0 Å². The lowest BCUT2D eigenvalue weighted by Crippen LogP contribution is -2.73. The highest BCUT2D eigenvalue weighted by atomic mass is 32.1. The van der Waals surface area contributed by atoms with Crippen LogP contribution in [0.3, 0.4) is 0 Å². The van der Waals surface area contributed by atoms with Crippen molar-refractivity contribution < 1.29 is 0 Å². The molecule has 4 aromatic rings. The molecule has 0 amide bonds. The third-order valence-corrected chi connectivity index (χ3v) is 25.2. The van der Waals surface area contributed by atoms with Crippen LogP contribution in [0.5, 0.6) is 0 Å². The van der Waals surface area contributed by atoms with Gasteiger partial charge in [0.25, 0.3) is 0 Å². The van der Waals surface area contributed by atoms with Crippen molar-refractivity contribution in [2.24, 2.45) is 0 Å². The lowest BCUT2D eigenvalue weighted by Gasteiger charge is -2.30. The van der Waals surface area contributed by atoms with Crippen LogP contribution < -0.4 is 29.7 Å². The van der Waals surface area contributed by atoms with Gasteiger partial charge in [-0.15, -0.1) is 28.4 Å². The van der Waals surface area contributed by atoms with Gasteiger partial charge < -0.3 is 0 Å². The summed E-state index contributed by atoms with van der Waals surface area (Å²) in [7, 11) is -7.02. The molecule has 0 saturated heterocycles. The summed E-state index contributed by atoms with van der Waals surface area (Å²) in [5.74, 6) is 0.